The molecule has 2 aromatic rings. The van der Waals surface area contributed by atoms with Crippen molar-refractivity contribution < 1.29 is 4.79 Å². The Hall–Kier alpha value is -2.28. The van der Waals surface area contributed by atoms with Gasteiger partial charge >= 0.3 is 0 Å². The maximum absolute atomic E-state index is 12.3. The third-order valence-electron chi connectivity index (χ3n) is 3.20. The lowest BCUT2D eigenvalue weighted by Crippen LogP contribution is -2.43. The number of nitrogens with zero attached hydrogens (tertiary/aromatic N) is 5. The van der Waals surface area contributed by atoms with Gasteiger partial charge in [-0.2, -0.15) is 0 Å². The smallest absolute Gasteiger partial charge is 0.280 e. The van der Waals surface area contributed by atoms with E-state index in [2.05, 4.69) is 20.6 Å². The first-order valence-corrected chi connectivity index (χ1v) is 6.06. The first-order valence-electron chi connectivity index (χ1n) is 6.06. The van der Waals surface area contributed by atoms with E-state index in [0.29, 0.717) is 11.7 Å². The predicted molar refractivity (Wildman–Crippen MR) is 68.9 cm³/mol. The number of hydrogen-bond donors (Lipinski definition) is 1. The summed E-state index contributed by atoms with van der Waals surface area (Å²) >= 11 is 0. The van der Waals surface area contributed by atoms with Gasteiger partial charge in [0.05, 0.1) is 24.1 Å². The molecule has 0 bridgehead atoms. The van der Waals surface area contributed by atoms with Gasteiger partial charge < -0.3 is 10.2 Å². The first kappa shape index (κ1) is 11.8. The van der Waals surface area contributed by atoms with Gasteiger partial charge in [-0.15, -0.1) is 5.10 Å². The minimum atomic E-state index is -0.188. The first-order chi connectivity index (χ1) is 9.25. The zero-order valence-electron chi connectivity index (χ0n) is 10.5. The fraction of sp³-hybridized carbons (Fsp3) is 0.333. The molecule has 0 saturated carbocycles. The second-order valence-corrected chi connectivity index (χ2v) is 4.47. The van der Waals surface area contributed by atoms with Crippen LogP contribution in [0, 0.1) is 0 Å². The summed E-state index contributed by atoms with van der Waals surface area (Å²) in [4.78, 5) is 17.8. The zero-order valence-corrected chi connectivity index (χ0v) is 10.5. The molecule has 1 aliphatic rings. The van der Waals surface area contributed by atoms with Gasteiger partial charge in [0.1, 0.15) is 0 Å². The van der Waals surface area contributed by atoms with E-state index in [1.807, 2.05) is 6.07 Å². The van der Waals surface area contributed by atoms with Crippen LogP contribution in [0.15, 0.2) is 30.7 Å². The van der Waals surface area contributed by atoms with Crippen molar-refractivity contribution in [2.24, 2.45) is 0 Å². The van der Waals surface area contributed by atoms with Crippen molar-refractivity contribution in [2.75, 3.05) is 25.0 Å². The zero-order chi connectivity index (χ0) is 13.2. The maximum atomic E-state index is 12.3. The van der Waals surface area contributed by atoms with E-state index >= 15 is 0 Å². The summed E-state index contributed by atoms with van der Waals surface area (Å²) in [6.07, 6.45) is 5.00. The molecule has 19 heavy (non-hydrogen) atoms. The maximum Gasteiger partial charge on any atom is 0.280 e. The molecule has 1 amide bonds. The van der Waals surface area contributed by atoms with Gasteiger partial charge in [-0.3, -0.25) is 9.78 Å². The number of amides is 1. The highest BCUT2D eigenvalue weighted by Gasteiger charge is 2.23. The van der Waals surface area contributed by atoms with Crippen LogP contribution in [-0.2, 0) is 0 Å². The summed E-state index contributed by atoms with van der Waals surface area (Å²) in [6, 6.07) is 3.92. The second kappa shape index (κ2) is 4.77. The summed E-state index contributed by atoms with van der Waals surface area (Å²) < 4.78 is 1.74. The Kier molecular flexibility index (Phi) is 2.96. The number of nitrogens with one attached hydrogen (secondary N) is 1. The van der Waals surface area contributed by atoms with Crippen molar-refractivity contribution in [3.8, 4) is 0 Å². The number of carbonyl (C=O) groups excluding carboxylic acids is 1. The number of anilines is 1. The van der Waals surface area contributed by atoms with E-state index in [0.717, 1.165) is 18.8 Å². The Morgan fingerprint density at radius 3 is 3.00 bits per heavy atom. The summed E-state index contributed by atoms with van der Waals surface area (Å²) in [5, 5.41) is 11.1. The molecule has 7 heteroatoms. The van der Waals surface area contributed by atoms with E-state index in [1.54, 1.807) is 36.4 Å². The molecule has 2 aromatic heterocycles. The van der Waals surface area contributed by atoms with Crippen molar-refractivity contribution in [1.29, 1.82) is 0 Å². The lowest BCUT2D eigenvalue weighted by molar-refractivity contribution is 0.0988. The third kappa shape index (κ3) is 2.19. The molecular formula is C12H14N6O. The van der Waals surface area contributed by atoms with Crippen LogP contribution in [0.4, 0.5) is 5.69 Å². The van der Waals surface area contributed by atoms with E-state index in [-0.39, 0.29) is 5.91 Å². The number of aromatic nitrogens is 4. The van der Waals surface area contributed by atoms with Gasteiger partial charge in [-0.1, -0.05) is 5.21 Å². The molecule has 1 saturated heterocycles. The van der Waals surface area contributed by atoms with Crippen molar-refractivity contribution >= 4 is 11.6 Å². The Labute approximate surface area is 110 Å². The third-order valence-corrected chi connectivity index (χ3v) is 3.20. The molecule has 0 atom stereocenters. The molecule has 0 aliphatic carbocycles. The number of rotatable bonds is 3. The highest BCUT2D eigenvalue weighted by molar-refractivity contribution is 6.04. The topological polar surface area (TPSA) is 75.9 Å². The molecular weight excluding hydrogens is 244 g/mol. The molecule has 1 aliphatic heterocycles. The standard InChI is InChI=1S/C12H14N6O/c1-17(9-3-2-4-13-5-9)12(19)11-8-18(16-15-11)10-6-14-7-10/h2-5,8,10,14H,6-7H2,1H3. The van der Waals surface area contributed by atoms with Gasteiger partial charge in [-0.05, 0) is 12.1 Å². The number of pyridine rings is 1. The summed E-state index contributed by atoms with van der Waals surface area (Å²) in [7, 11) is 1.70. The Bertz CT molecular complexity index is 577. The van der Waals surface area contributed by atoms with Crippen molar-refractivity contribution in [1.82, 2.24) is 25.3 Å². The predicted octanol–water partition coefficient (Wildman–Crippen LogP) is 0.0940. The molecule has 1 fully saturated rings. The van der Waals surface area contributed by atoms with Gasteiger partial charge in [0.25, 0.3) is 5.91 Å². The Morgan fingerprint density at radius 2 is 2.37 bits per heavy atom. The Balaban J connectivity index is 1.78. The highest BCUT2D eigenvalue weighted by atomic mass is 16.2. The minimum absolute atomic E-state index is 0.188. The molecule has 3 heterocycles. The van der Waals surface area contributed by atoms with Crippen LogP contribution in [0.5, 0.6) is 0 Å². The van der Waals surface area contributed by atoms with Gasteiger partial charge in [0.2, 0.25) is 0 Å². The summed E-state index contributed by atoms with van der Waals surface area (Å²) in [5.74, 6) is -0.188. The number of hydrogen-bond acceptors (Lipinski definition) is 5. The second-order valence-electron chi connectivity index (χ2n) is 4.47. The van der Waals surface area contributed by atoms with Crippen LogP contribution in [0.1, 0.15) is 16.5 Å². The monoisotopic (exact) mass is 258 g/mol. The van der Waals surface area contributed by atoms with Gasteiger partial charge in [0, 0.05) is 26.3 Å². The van der Waals surface area contributed by atoms with Crippen LogP contribution >= 0.6 is 0 Å². The SMILES string of the molecule is CN(C(=O)c1cn(C2CNC2)nn1)c1cccnc1. The molecule has 0 spiro atoms. The van der Waals surface area contributed by atoms with Crippen LogP contribution in [0.2, 0.25) is 0 Å². The summed E-state index contributed by atoms with van der Waals surface area (Å²) in [5.41, 5.74) is 1.07. The van der Waals surface area contributed by atoms with Gasteiger partial charge in [0.15, 0.2) is 5.69 Å². The van der Waals surface area contributed by atoms with E-state index in [4.69, 9.17) is 0 Å². The van der Waals surface area contributed by atoms with Crippen LogP contribution in [-0.4, -0.2) is 46.0 Å². The average molecular weight is 258 g/mol. The summed E-state index contributed by atoms with van der Waals surface area (Å²) in [6.45, 7) is 1.74. The molecule has 0 radical (unpaired) electrons. The fourth-order valence-corrected chi connectivity index (χ4v) is 1.85. The molecule has 7 nitrogen and oxygen atoms in total. The average Bonchev–Trinajstić information content (AvgIpc) is 2.85. The van der Waals surface area contributed by atoms with Crippen LogP contribution in [0.3, 0.4) is 0 Å². The van der Waals surface area contributed by atoms with E-state index in [1.165, 1.54) is 4.90 Å². The van der Waals surface area contributed by atoms with Crippen molar-refractivity contribution in [3.05, 3.63) is 36.4 Å². The molecule has 1 N–H and O–H groups in total. The van der Waals surface area contributed by atoms with Crippen molar-refractivity contribution in [3.63, 3.8) is 0 Å². The highest BCUT2D eigenvalue weighted by Crippen LogP contribution is 2.14. The molecule has 3 rings (SSSR count). The molecule has 98 valence electrons. The van der Waals surface area contributed by atoms with Crippen LogP contribution in [0.25, 0.3) is 0 Å². The van der Waals surface area contributed by atoms with E-state index in [9.17, 15) is 4.79 Å². The quantitative estimate of drug-likeness (QED) is 0.844. The van der Waals surface area contributed by atoms with Gasteiger partial charge in [-0.25, -0.2) is 4.68 Å². The largest absolute Gasteiger partial charge is 0.312 e. The lowest BCUT2D eigenvalue weighted by Gasteiger charge is -2.26. The Morgan fingerprint density at radius 1 is 1.53 bits per heavy atom. The fourth-order valence-electron chi connectivity index (χ4n) is 1.85. The normalized spacial score (nSPS) is 15.0. The minimum Gasteiger partial charge on any atom is -0.312 e. The number of carbonyl (C=O) groups is 1. The van der Waals surface area contributed by atoms with Crippen LogP contribution < -0.4 is 10.2 Å². The van der Waals surface area contributed by atoms with Crippen molar-refractivity contribution in [2.45, 2.75) is 6.04 Å². The lowest BCUT2D eigenvalue weighted by atomic mass is 10.2. The van der Waals surface area contributed by atoms with E-state index < -0.39 is 0 Å². The molecule has 0 unspecified atom stereocenters. The molecule has 0 aromatic carbocycles.